The molecule has 0 saturated heterocycles. The van der Waals surface area contributed by atoms with Gasteiger partial charge >= 0.3 is 0 Å². The van der Waals surface area contributed by atoms with Crippen LogP contribution < -0.4 is 10.1 Å². The molecule has 2 rings (SSSR count). The van der Waals surface area contributed by atoms with Gasteiger partial charge in [-0.2, -0.15) is 0 Å². The number of ether oxygens (including phenoxy) is 1. The number of hydrogen-bond acceptors (Lipinski definition) is 2. The predicted octanol–water partition coefficient (Wildman–Crippen LogP) is 3.93. The molecule has 0 aromatic heterocycles. The summed E-state index contributed by atoms with van der Waals surface area (Å²) in [6.45, 7) is 6.34. The quantitative estimate of drug-likeness (QED) is 0.803. The molecule has 2 heteroatoms. The Kier molecular flexibility index (Phi) is 5.71. The minimum atomic E-state index is 0.723. The topological polar surface area (TPSA) is 21.3 Å². The Morgan fingerprint density at radius 1 is 1.32 bits per heavy atom. The van der Waals surface area contributed by atoms with E-state index in [1.54, 1.807) is 0 Å². The summed E-state index contributed by atoms with van der Waals surface area (Å²) in [5.41, 5.74) is 1.26. The van der Waals surface area contributed by atoms with Crippen LogP contribution in [-0.4, -0.2) is 19.2 Å². The van der Waals surface area contributed by atoms with E-state index in [4.69, 9.17) is 4.74 Å². The minimum Gasteiger partial charge on any atom is -0.494 e. The fourth-order valence-corrected chi connectivity index (χ4v) is 3.01. The second-order valence-corrected chi connectivity index (χ2v) is 5.71. The van der Waals surface area contributed by atoms with Crippen LogP contribution in [0, 0.1) is 12.8 Å². The average Bonchev–Trinajstić information content (AvgIpc) is 2.84. The second kappa shape index (κ2) is 7.54. The molecule has 0 aliphatic heterocycles. The third-order valence-corrected chi connectivity index (χ3v) is 4.06. The molecule has 0 heterocycles. The Balaban J connectivity index is 1.72. The molecule has 2 nitrogen and oxygen atoms in total. The molecule has 0 spiro atoms. The van der Waals surface area contributed by atoms with E-state index in [-0.39, 0.29) is 0 Å². The minimum absolute atomic E-state index is 0.723. The maximum Gasteiger partial charge on any atom is 0.119 e. The number of benzene rings is 1. The van der Waals surface area contributed by atoms with E-state index in [1.807, 2.05) is 0 Å². The van der Waals surface area contributed by atoms with E-state index in [0.29, 0.717) is 0 Å². The number of rotatable bonds is 7. The lowest BCUT2D eigenvalue weighted by atomic mass is 10.00. The summed E-state index contributed by atoms with van der Waals surface area (Å²) in [4.78, 5) is 0. The Bertz CT molecular complexity index is 377. The van der Waals surface area contributed by atoms with Crippen molar-refractivity contribution in [2.75, 3.05) is 13.2 Å². The molecule has 1 aliphatic rings. The molecule has 1 fully saturated rings. The Morgan fingerprint density at radius 3 is 3.00 bits per heavy atom. The van der Waals surface area contributed by atoms with Crippen LogP contribution in [0.1, 0.15) is 44.6 Å². The van der Waals surface area contributed by atoms with E-state index in [2.05, 4.69) is 43.4 Å². The van der Waals surface area contributed by atoms with Crippen LogP contribution in [0.15, 0.2) is 24.3 Å². The first-order valence-electron chi connectivity index (χ1n) is 7.72. The van der Waals surface area contributed by atoms with Gasteiger partial charge in [0.2, 0.25) is 0 Å². The molecule has 1 aromatic carbocycles. The lowest BCUT2D eigenvalue weighted by Crippen LogP contribution is -2.33. The van der Waals surface area contributed by atoms with Crippen LogP contribution in [0.2, 0.25) is 0 Å². The van der Waals surface area contributed by atoms with Crippen LogP contribution in [-0.2, 0) is 0 Å². The van der Waals surface area contributed by atoms with Gasteiger partial charge in [0.25, 0.3) is 0 Å². The summed E-state index contributed by atoms with van der Waals surface area (Å²) in [5, 5.41) is 3.68. The lowest BCUT2D eigenvalue weighted by Gasteiger charge is -2.21. The van der Waals surface area contributed by atoms with Gasteiger partial charge in [-0.15, -0.1) is 0 Å². The highest BCUT2D eigenvalue weighted by Crippen LogP contribution is 2.28. The summed E-state index contributed by atoms with van der Waals surface area (Å²) in [7, 11) is 0. The molecule has 19 heavy (non-hydrogen) atoms. The fraction of sp³-hybridized carbons (Fsp3) is 0.647. The van der Waals surface area contributed by atoms with Crippen molar-refractivity contribution in [3.63, 3.8) is 0 Å². The van der Waals surface area contributed by atoms with Gasteiger partial charge < -0.3 is 10.1 Å². The molecule has 1 aliphatic carbocycles. The molecular formula is C17H27NO. The van der Waals surface area contributed by atoms with Gasteiger partial charge in [0.05, 0.1) is 6.61 Å². The Hall–Kier alpha value is -1.02. The highest BCUT2D eigenvalue weighted by Gasteiger charge is 2.26. The lowest BCUT2D eigenvalue weighted by molar-refractivity contribution is 0.260. The van der Waals surface area contributed by atoms with Crippen LogP contribution in [0.5, 0.6) is 5.75 Å². The van der Waals surface area contributed by atoms with Gasteiger partial charge in [-0.3, -0.25) is 0 Å². The van der Waals surface area contributed by atoms with Crippen molar-refractivity contribution in [1.29, 1.82) is 0 Å². The summed E-state index contributed by atoms with van der Waals surface area (Å²) >= 11 is 0. The van der Waals surface area contributed by atoms with Crippen LogP contribution in [0.3, 0.4) is 0 Å². The van der Waals surface area contributed by atoms with Crippen molar-refractivity contribution in [1.82, 2.24) is 5.32 Å². The molecule has 106 valence electrons. The van der Waals surface area contributed by atoms with Crippen molar-refractivity contribution >= 4 is 0 Å². The van der Waals surface area contributed by atoms with E-state index in [9.17, 15) is 0 Å². The molecule has 0 amide bonds. The molecule has 2 unspecified atom stereocenters. The summed E-state index contributed by atoms with van der Waals surface area (Å²) in [5.74, 6) is 1.81. The first-order valence-corrected chi connectivity index (χ1v) is 7.72. The molecular weight excluding hydrogens is 234 g/mol. The van der Waals surface area contributed by atoms with Gasteiger partial charge in [0.15, 0.2) is 0 Å². The van der Waals surface area contributed by atoms with Gasteiger partial charge in [-0.05, 0) is 62.8 Å². The van der Waals surface area contributed by atoms with E-state index >= 15 is 0 Å². The van der Waals surface area contributed by atoms with Gasteiger partial charge in [-0.25, -0.2) is 0 Å². The highest BCUT2D eigenvalue weighted by atomic mass is 16.5. The van der Waals surface area contributed by atoms with Crippen molar-refractivity contribution < 1.29 is 4.74 Å². The Morgan fingerprint density at radius 2 is 2.21 bits per heavy atom. The van der Waals surface area contributed by atoms with Crippen molar-refractivity contribution in [3.05, 3.63) is 29.8 Å². The summed E-state index contributed by atoms with van der Waals surface area (Å²) < 4.78 is 5.87. The van der Waals surface area contributed by atoms with Crippen molar-refractivity contribution in [2.24, 2.45) is 5.92 Å². The third-order valence-electron chi connectivity index (χ3n) is 4.06. The summed E-state index contributed by atoms with van der Waals surface area (Å²) in [6.07, 6.45) is 6.47. The summed E-state index contributed by atoms with van der Waals surface area (Å²) in [6, 6.07) is 9.05. The molecule has 2 atom stereocenters. The largest absolute Gasteiger partial charge is 0.494 e. The smallest absolute Gasteiger partial charge is 0.119 e. The molecule has 1 saturated carbocycles. The second-order valence-electron chi connectivity index (χ2n) is 5.71. The van der Waals surface area contributed by atoms with Gasteiger partial charge in [0, 0.05) is 6.04 Å². The first kappa shape index (κ1) is 14.4. The zero-order valence-electron chi connectivity index (χ0n) is 12.3. The van der Waals surface area contributed by atoms with Crippen LogP contribution >= 0.6 is 0 Å². The SMILES string of the molecule is CCCNC1CCCC1CCOc1cccc(C)c1. The molecule has 1 aromatic rings. The third kappa shape index (κ3) is 4.54. The maximum absolute atomic E-state index is 5.87. The molecule has 1 N–H and O–H groups in total. The number of hydrogen-bond donors (Lipinski definition) is 1. The van der Waals surface area contributed by atoms with E-state index < -0.39 is 0 Å². The molecule has 0 bridgehead atoms. The first-order chi connectivity index (χ1) is 9.29. The van der Waals surface area contributed by atoms with Crippen LogP contribution in [0.25, 0.3) is 0 Å². The van der Waals surface area contributed by atoms with Crippen molar-refractivity contribution in [2.45, 2.75) is 52.0 Å². The average molecular weight is 261 g/mol. The molecule has 0 radical (unpaired) electrons. The van der Waals surface area contributed by atoms with Crippen molar-refractivity contribution in [3.8, 4) is 5.75 Å². The highest BCUT2D eigenvalue weighted by molar-refractivity contribution is 5.27. The van der Waals surface area contributed by atoms with E-state index in [1.165, 1.54) is 37.7 Å². The number of aryl methyl sites for hydroxylation is 1. The van der Waals surface area contributed by atoms with E-state index in [0.717, 1.165) is 30.9 Å². The van der Waals surface area contributed by atoms with Crippen LogP contribution in [0.4, 0.5) is 0 Å². The van der Waals surface area contributed by atoms with Gasteiger partial charge in [-0.1, -0.05) is 25.5 Å². The standard InChI is InChI=1S/C17H27NO/c1-3-11-18-17-9-5-7-15(17)10-12-19-16-8-4-6-14(2)13-16/h4,6,8,13,15,17-18H,3,5,7,9-12H2,1-2H3. The monoisotopic (exact) mass is 261 g/mol. The normalized spacial score (nSPS) is 22.6. The zero-order valence-corrected chi connectivity index (χ0v) is 12.3. The zero-order chi connectivity index (χ0) is 13.5. The Labute approximate surface area is 117 Å². The predicted molar refractivity (Wildman–Crippen MR) is 80.7 cm³/mol. The number of nitrogens with one attached hydrogen (secondary N) is 1. The maximum atomic E-state index is 5.87. The fourth-order valence-electron chi connectivity index (χ4n) is 3.01. The van der Waals surface area contributed by atoms with Gasteiger partial charge in [0.1, 0.15) is 5.75 Å².